The van der Waals surface area contributed by atoms with Crippen molar-refractivity contribution >= 4 is 25.8 Å². The number of halogens is 1. The molecule has 2 aliphatic rings. The Morgan fingerprint density at radius 3 is 2.65 bits per heavy atom. The van der Waals surface area contributed by atoms with Gasteiger partial charge in [-0.25, -0.2) is 13.4 Å². The van der Waals surface area contributed by atoms with Gasteiger partial charge in [0.1, 0.15) is 6.10 Å². The SMILES string of the molecule is O=S1(=O)CCC(Oc2ccc3c(n2)CCCc2ccc(CBr)cc2-3)CC1. The number of hydrogen-bond acceptors (Lipinski definition) is 4. The minimum atomic E-state index is -2.87. The Morgan fingerprint density at radius 1 is 1.08 bits per heavy atom. The fourth-order valence-electron chi connectivity index (χ4n) is 3.76. The number of hydrogen-bond donors (Lipinski definition) is 0. The molecular weight excluding hydrogens is 414 g/mol. The van der Waals surface area contributed by atoms with Crippen molar-refractivity contribution < 1.29 is 13.2 Å². The third-order valence-corrected chi connectivity index (χ3v) is 7.58. The van der Waals surface area contributed by atoms with E-state index in [0.717, 1.165) is 30.3 Å². The second-order valence-corrected chi connectivity index (χ2v) is 9.96. The van der Waals surface area contributed by atoms with Crippen molar-refractivity contribution in [2.45, 2.75) is 43.5 Å². The Hall–Kier alpha value is -1.40. The molecule has 0 N–H and O–H groups in total. The van der Waals surface area contributed by atoms with Gasteiger partial charge in [-0.15, -0.1) is 0 Å². The molecule has 1 aromatic carbocycles. The summed E-state index contributed by atoms with van der Waals surface area (Å²) in [7, 11) is -2.87. The molecule has 4 rings (SSSR count). The lowest BCUT2D eigenvalue weighted by Crippen LogP contribution is -2.30. The molecule has 0 amide bonds. The second kappa shape index (κ2) is 7.31. The van der Waals surface area contributed by atoms with E-state index in [1.165, 1.54) is 22.3 Å². The Bertz CT molecular complexity index is 913. The monoisotopic (exact) mass is 435 g/mol. The van der Waals surface area contributed by atoms with Gasteiger partial charge in [-0.1, -0.05) is 28.1 Å². The van der Waals surface area contributed by atoms with Crippen molar-refractivity contribution in [2.75, 3.05) is 11.5 Å². The molecule has 1 aromatic heterocycles. The minimum Gasteiger partial charge on any atom is -0.474 e. The summed E-state index contributed by atoms with van der Waals surface area (Å²) in [6.07, 6.45) is 4.12. The number of benzene rings is 1. The molecule has 26 heavy (non-hydrogen) atoms. The van der Waals surface area contributed by atoms with E-state index in [4.69, 9.17) is 9.72 Å². The number of nitrogens with zero attached hydrogens (tertiary/aromatic N) is 1. The number of alkyl halides is 1. The molecule has 2 aromatic rings. The fraction of sp³-hybridized carbons (Fsp3) is 0.450. The average Bonchev–Trinajstić information content (AvgIpc) is 2.81. The van der Waals surface area contributed by atoms with Crippen LogP contribution >= 0.6 is 15.9 Å². The number of aryl methyl sites for hydroxylation is 2. The van der Waals surface area contributed by atoms with Crippen LogP contribution in [0.5, 0.6) is 5.88 Å². The number of pyridine rings is 1. The maximum atomic E-state index is 11.6. The lowest BCUT2D eigenvalue weighted by molar-refractivity contribution is 0.181. The highest BCUT2D eigenvalue weighted by Gasteiger charge is 2.25. The van der Waals surface area contributed by atoms with Crippen molar-refractivity contribution in [3.8, 4) is 17.0 Å². The molecule has 138 valence electrons. The lowest BCUT2D eigenvalue weighted by Gasteiger charge is -2.23. The number of rotatable bonds is 3. The van der Waals surface area contributed by atoms with Crippen LogP contribution in [0.3, 0.4) is 0 Å². The van der Waals surface area contributed by atoms with E-state index in [2.05, 4.69) is 40.2 Å². The molecule has 1 aliphatic carbocycles. The minimum absolute atomic E-state index is 0.0536. The average molecular weight is 436 g/mol. The Morgan fingerprint density at radius 2 is 1.88 bits per heavy atom. The van der Waals surface area contributed by atoms with Crippen LogP contribution in [0.25, 0.3) is 11.1 Å². The zero-order valence-electron chi connectivity index (χ0n) is 14.6. The van der Waals surface area contributed by atoms with E-state index in [1.54, 1.807) is 0 Å². The molecule has 0 radical (unpaired) electrons. The van der Waals surface area contributed by atoms with Gasteiger partial charge >= 0.3 is 0 Å². The summed E-state index contributed by atoms with van der Waals surface area (Å²) in [5, 5.41) is 0.842. The first kappa shape index (κ1) is 18.0. The molecule has 0 spiro atoms. The summed E-state index contributed by atoms with van der Waals surface area (Å²) >= 11 is 3.54. The van der Waals surface area contributed by atoms with Crippen LogP contribution in [0.1, 0.15) is 36.1 Å². The van der Waals surface area contributed by atoms with Crippen LogP contribution in [-0.2, 0) is 28.0 Å². The first-order valence-corrected chi connectivity index (χ1v) is 12.0. The van der Waals surface area contributed by atoms with Crippen LogP contribution in [0.15, 0.2) is 30.3 Å². The van der Waals surface area contributed by atoms with Gasteiger partial charge in [0.25, 0.3) is 0 Å². The van der Waals surface area contributed by atoms with Crippen LogP contribution in [0.4, 0.5) is 0 Å². The molecule has 0 atom stereocenters. The fourth-order valence-corrected chi connectivity index (χ4v) is 5.56. The summed E-state index contributed by atoms with van der Waals surface area (Å²) in [5.74, 6) is 1.05. The van der Waals surface area contributed by atoms with E-state index < -0.39 is 9.84 Å². The van der Waals surface area contributed by atoms with Crippen LogP contribution < -0.4 is 4.74 Å². The van der Waals surface area contributed by atoms with Gasteiger partial charge in [0.05, 0.1) is 17.2 Å². The Kier molecular flexibility index (Phi) is 5.06. The van der Waals surface area contributed by atoms with Crippen LogP contribution in [0, 0.1) is 0 Å². The molecule has 2 heterocycles. The van der Waals surface area contributed by atoms with E-state index in [9.17, 15) is 8.42 Å². The number of ether oxygens (including phenoxy) is 1. The summed E-state index contributed by atoms with van der Waals surface area (Å²) < 4.78 is 29.2. The van der Waals surface area contributed by atoms with E-state index in [-0.39, 0.29) is 17.6 Å². The Balaban J connectivity index is 1.60. The van der Waals surface area contributed by atoms with Gasteiger partial charge in [0.2, 0.25) is 5.88 Å². The molecular formula is C20H22BrNO3S. The van der Waals surface area contributed by atoms with Crippen molar-refractivity contribution in [3.63, 3.8) is 0 Å². The van der Waals surface area contributed by atoms with Crippen LogP contribution in [-0.4, -0.2) is 31.0 Å². The maximum Gasteiger partial charge on any atom is 0.213 e. The van der Waals surface area contributed by atoms with Gasteiger partial charge in [0.15, 0.2) is 9.84 Å². The lowest BCUT2D eigenvalue weighted by atomic mass is 9.97. The summed E-state index contributed by atoms with van der Waals surface area (Å²) in [5.41, 5.74) is 6.19. The van der Waals surface area contributed by atoms with Crippen molar-refractivity contribution in [3.05, 3.63) is 47.2 Å². The highest BCUT2D eigenvalue weighted by molar-refractivity contribution is 9.08. The highest BCUT2D eigenvalue weighted by atomic mass is 79.9. The molecule has 1 aliphatic heterocycles. The van der Waals surface area contributed by atoms with Gasteiger partial charge in [-0.05, 0) is 60.9 Å². The number of aromatic nitrogens is 1. The predicted octanol–water partition coefficient (Wildman–Crippen LogP) is 4.09. The van der Waals surface area contributed by atoms with Gasteiger partial charge in [-0.3, -0.25) is 0 Å². The molecule has 6 heteroatoms. The molecule has 1 saturated heterocycles. The highest BCUT2D eigenvalue weighted by Crippen LogP contribution is 2.34. The zero-order valence-corrected chi connectivity index (χ0v) is 17.0. The van der Waals surface area contributed by atoms with E-state index >= 15 is 0 Å². The first-order chi connectivity index (χ1) is 12.5. The van der Waals surface area contributed by atoms with Gasteiger partial charge in [0, 0.05) is 17.0 Å². The summed E-state index contributed by atoms with van der Waals surface area (Å²) in [6.45, 7) is 0. The largest absolute Gasteiger partial charge is 0.474 e. The molecule has 0 bridgehead atoms. The van der Waals surface area contributed by atoms with E-state index in [0.29, 0.717) is 18.7 Å². The third-order valence-electron chi connectivity index (χ3n) is 5.22. The van der Waals surface area contributed by atoms with E-state index in [1.807, 2.05) is 6.07 Å². The molecule has 0 unspecified atom stereocenters. The zero-order chi connectivity index (χ0) is 18.1. The smallest absolute Gasteiger partial charge is 0.213 e. The molecule has 1 fully saturated rings. The summed E-state index contributed by atoms with van der Waals surface area (Å²) in [4.78, 5) is 4.77. The molecule has 0 saturated carbocycles. The molecule has 4 nitrogen and oxygen atoms in total. The maximum absolute atomic E-state index is 11.6. The Labute approximate surface area is 163 Å². The third kappa shape index (κ3) is 3.81. The quantitative estimate of drug-likeness (QED) is 0.681. The van der Waals surface area contributed by atoms with Crippen molar-refractivity contribution in [2.24, 2.45) is 0 Å². The van der Waals surface area contributed by atoms with Crippen molar-refractivity contribution in [1.29, 1.82) is 0 Å². The normalized spacial score (nSPS) is 19.3. The topological polar surface area (TPSA) is 56.3 Å². The van der Waals surface area contributed by atoms with Gasteiger partial charge in [-0.2, -0.15) is 0 Å². The second-order valence-electron chi connectivity index (χ2n) is 7.09. The first-order valence-electron chi connectivity index (χ1n) is 9.09. The van der Waals surface area contributed by atoms with Crippen molar-refractivity contribution in [1.82, 2.24) is 4.98 Å². The van der Waals surface area contributed by atoms with Crippen LogP contribution in [0.2, 0.25) is 0 Å². The number of sulfone groups is 1. The summed E-state index contributed by atoms with van der Waals surface area (Å²) in [6, 6.07) is 10.7. The number of fused-ring (bicyclic) bond motifs is 3. The van der Waals surface area contributed by atoms with Gasteiger partial charge < -0.3 is 4.74 Å². The standard InChI is InChI=1S/C20H22BrNO3S/c21-13-14-4-5-15-2-1-3-19-17(18(15)12-14)6-7-20(22-19)25-16-8-10-26(23,24)11-9-16/h4-7,12,16H,1-3,8-11,13H2. The predicted molar refractivity (Wildman–Crippen MR) is 107 cm³/mol.